The number of anilines is 3. The summed E-state index contributed by atoms with van der Waals surface area (Å²) >= 11 is 0. The molecule has 8 heteroatoms. The van der Waals surface area contributed by atoms with Crippen LogP contribution in [0, 0.1) is 0 Å². The molecule has 0 radical (unpaired) electrons. The molecule has 1 aliphatic heterocycles. The Balaban J connectivity index is 1.67. The molecule has 1 atom stereocenters. The number of piperidine rings is 1. The molecule has 0 saturated carbocycles. The second-order valence-corrected chi connectivity index (χ2v) is 8.80. The van der Waals surface area contributed by atoms with Gasteiger partial charge in [-0.05, 0) is 52.0 Å². The largest absolute Gasteiger partial charge is 0.396 e. The van der Waals surface area contributed by atoms with Crippen molar-refractivity contribution in [3.05, 3.63) is 41.9 Å². The second kappa shape index (κ2) is 10.2. The lowest BCUT2D eigenvalue weighted by molar-refractivity contribution is 0.262. The number of aliphatic hydroxyl groups is 1. The smallest absolute Gasteiger partial charge is 0.162 e. The SMILES string of the molecule is CCc1cnn2c(NCc3cnccc3NC(C)C)cc(N3CCCC[C@H]3CCO)nc12. The lowest BCUT2D eigenvalue weighted by Crippen LogP contribution is -2.40. The first kappa shape index (κ1) is 22.3. The van der Waals surface area contributed by atoms with E-state index in [1.54, 1.807) is 0 Å². The molecule has 3 aromatic rings. The summed E-state index contributed by atoms with van der Waals surface area (Å²) in [7, 11) is 0. The van der Waals surface area contributed by atoms with E-state index in [9.17, 15) is 5.11 Å². The van der Waals surface area contributed by atoms with Gasteiger partial charge >= 0.3 is 0 Å². The van der Waals surface area contributed by atoms with Crippen LogP contribution in [0.25, 0.3) is 5.65 Å². The molecule has 0 aliphatic carbocycles. The summed E-state index contributed by atoms with van der Waals surface area (Å²) in [5, 5.41) is 21.3. The van der Waals surface area contributed by atoms with Crippen molar-refractivity contribution in [3.8, 4) is 0 Å². The van der Waals surface area contributed by atoms with Crippen molar-refractivity contribution in [2.45, 2.75) is 71.5 Å². The minimum absolute atomic E-state index is 0.202. The third-order valence-electron chi connectivity index (χ3n) is 6.10. The highest BCUT2D eigenvalue weighted by molar-refractivity contribution is 5.62. The monoisotopic (exact) mass is 437 g/mol. The average Bonchev–Trinajstić information content (AvgIpc) is 3.22. The maximum Gasteiger partial charge on any atom is 0.162 e. The number of hydrogen-bond donors (Lipinski definition) is 3. The van der Waals surface area contributed by atoms with Crippen LogP contribution in [0.2, 0.25) is 0 Å². The third kappa shape index (κ3) is 4.80. The summed E-state index contributed by atoms with van der Waals surface area (Å²) in [5.74, 6) is 1.87. The minimum atomic E-state index is 0.202. The molecular formula is C24H35N7O. The number of rotatable bonds is 9. The van der Waals surface area contributed by atoms with Crippen molar-refractivity contribution in [1.29, 1.82) is 0 Å². The number of aliphatic hydroxyl groups excluding tert-OH is 1. The van der Waals surface area contributed by atoms with Crippen molar-refractivity contribution < 1.29 is 5.11 Å². The van der Waals surface area contributed by atoms with E-state index in [0.717, 1.165) is 66.3 Å². The zero-order valence-corrected chi connectivity index (χ0v) is 19.4. The van der Waals surface area contributed by atoms with Crippen LogP contribution in [0.5, 0.6) is 0 Å². The van der Waals surface area contributed by atoms with E-state index in [1.165, 1.54) is 6.42 Å². The molecule has 0 aromatic carbocycles. The predicted molar refractivity (Wildman–Crippen MR) is 129 cm³/mol. The topological polar surface area (TPSA) is 90.6 Å². The Kier molecular flexibility index (Phi) is 7.09. The molecule has 1 saturated heterocycles. The maximum atomic E-state index is 9.57. The molecule has 0 amide bonds. The van der Waals surface area contributed by atoms with Gasteiger partial charge in [0.2, 0.25) is 0 Å². The van der Waals surface area contributed by atoms with E-state index in [2.05, 4.69) is 52.5 Å². The van der Waals surface area contributed by atoms with E-state index in [0.29, 0.717) is 18.6 Å². The Morgan fingerprint density at radius 3 is 2.88 bits per heavy atom. The quantitative estimate of drug-likeness (QED) is 0.468. The number of fused-ring (bicyclic) bond motifs is 1. The molecule has 8 nitrogen and oxygen atoms in total. The average molecular weight is 438 g/mol. The van der Waals surface area contributed by atoms with E-state index in [-0.39, 0.29) is 6.61 Å². The van der Waals surface area contributed by atoms with Crippen molar-refractivity contribution in [2.75, 3.05) is 28.7 Å². The summed E-state index contributed by atoms with van der Waals surface area (Å²) in [6.45, 7) is 8.19. The number of hydrogen-bond acceptors (Lipinski definition) is 7. The van der Waals surface area contributed by atoms with Gasteiger partial charge in [-0.15, -0.1) is 0 Å². The second-order valence-electron chi connectivity index (χ2n) is 8.80. The van der Waals surface area contributed by atoms with Gasteiger partial charge in [0, 0.05) is 67.1 Å². The first-order valence-electron chi connectivity index (χ1n) is 11.8. The van der Waals surface area contributed by atoms with E-state index in [4.69, 9.17) is 4.98 Å². The molecule has 4 heterocycles. The van der Waals surface area contributed by atoms with E-state index in [1.807, 2.05) is 29.2 Å². The first-order chi connectivity index (χ1) is 15.6. The fourth-order valence-electron chi connectivity index (χ4n) is 4.47. The normalized spacial score (nSPS) is 16.7. The van der Waals surface area contributed by atoms with Gasteiger partial charge in [-0.1, -0.05) is 6.92 Å². The first-order valence-corrected chi connectivity index (χ1v) is 11.8. The Morgan fingerprint density at radius 2 is 2.09 bits per heavy atom. The Hall–Kier alpha value is -2.87. The van der Waals surface area contributed by atoms with Gasteiger partial charge in [0.25, 0.3) is 0 Å². The highest BCUT2D eigenvalue weighted by Crippen LogP contribution is 2.29. The molecule has 0 spiro atoms. The Labute approximate surface area is 190 Å². The third-order valence-corrected chi connectivity index (χ3v) is 6.10. The van der Waals surface area contributed by atoms with Crippen LogP contribution in [0.3, 0.4) is 0 Å². The fourth-order valence-corrected chi connectivity index (χ4v) is 4.47. The van der Waals surface area contributed by atoms with Crippen molar-refractivity contribution in [2.24, 2.45) is 0 Å². The van der Waals surface area contributed by atoms with Crippen LogP contribution in [-0.4, -0.2) is 49.9 Å². The number of nitrogens with zero attached hydrogens (tertiary/aromatic N) is 5. The molecule has 3 N–H and O–H groups in total. The van der Waals surface area contributed by atoms with Gasteiger partial charge in [-0.25, -0.2) is 4.98 Å². The summed E-state index contributed by atoms with van der Waals surface area (Å²) in [6, 6.07) is 4.78. The number of nitrogens with one attached hydrogen (secondary N) is 2. The summed E-state index contributed by atoms with van der Waals surface area (Å²) in [4.78, 5) is 11.7. The summed E-state index contributed by atoms with van der Waals surface area (Å²) < 4.78 is 1.90. The van der Waals surface area contributed by atoms with Crippen LogP contribution in [0.4, 0.5) is 17.3 Å². The lowest BCUT2D eigenvalue weighted by Gasteiger charge is -2.36. The highest BCUT2D eigenvalue weighted by Gasteiger charge is 2.25. The van der Waals surface area contributed by atoms with Crippen molar-refractivity contribution in [3.63, 3.8) is 0 Å². The van der Waals surface area contributed by atoms with Crippen LogP contribution in [0.1, 0.15) is 57.6 Å². The summed E-state index contributed by atoms with van der Waals surface area (Å²) in [6.07, 6.45) is 10.7. The summed E-state index contributed by atoms with van der Waals surface area (Å²) in [5.41, 5.74) is 4.22. The maximum absolute atomic E-state index is 9.57. The van der Waals surface area contributed by atoms with Gasteiger partial charge in [-0.2, -0.15) is 9.61 Å². The Bertz CT molecular complexity index is 1030. The zero-order chi connectivity index (χ0) is 22.5. The molecule has 32 heavy (non-hydrogen) atoms. The van der Waals surface area contributed by atoms with E-state index < -0.39 is 0 Å². The number of pyridine rings is 1. The fraction of sp³-hybridized carbons (Fsp3) is 0.542. The highest BCUT2D eigenvalue weighted by atomic mass is 16.3. The molecule has 3 aromatic heterocycles. The molecule has 1 fully saturated rings. The van der Waals surface area contributed by atoms with Crippen LogP contribution in [-0.2, 0) is 13.0 Å². The van der Waals surface area contributed by atoms with Gasteiger partial charge in [0.1, 0.15) is 11.6 Å². The zero-order valence-electron chi connectivity index (χ0n) is 19.4. The number of aromatic nitrogens is 4. The molecule has 172 valence electrons. The van der Waals surface area contributed by atoms with Gasteiger partial charge < -0.3 is 20.6 Å². The van der Waals surface area contributed by atoms with E-state index >= 15 is 0 Å². The van der Waals surface area contributed by atoms with Crippen molar-refractivity contribution in [1.82, 2.24) is 19.6 Å². The predicted octanol–water partition coefficient (Wildman–Crippen LogP) is 3.86. The molecular weight excluding hydrogens is 402 g/mol. The molecule has 1 aliphatic rings. The van der Waals surface area contributed by atoms with Gasteiger partial charge in [0.05, 0.1) is 6.20 Å². The van der Waals surface area contributed by atoms with Crippen molar-refractivity contribution >= 4 is 23.0 Å². The number of aryl methyl sites for hydroxylation is 1. The van der Waals surface area contributed by atoms with Crippen LogP contribution in [0.15, 0.2) is 30.7 Å². The molecule has 4 rings (SSSR count). The minimum Gasteiger partial charge on any atom is -0.396 e. The lowest BCUT2D eigenvalue weighted by atomic mass is 9.99. The molecule has 0 bridgehead atoms. The standard InChI is InChI=1S/C24H35N7O/c1-4-18-16-27-31-22(26-15-19-14-25-10-8-21(19)28-17(2)3)13-23(29-24(18)31)30-11-6-5-7-20(30)9-12-32/h8,10,13-14,16-17,20,26,32H,4-7,9,11-12,15H2,1-3H3,(H,25,28)/t20-/m0/s1. The van der Waals surface area contributed by atoms with Gasteiger partial charge in [-0.3, -0.25) is 4.98 Å². The van der Waals surface area contributed by atoms with Crippen LogP contribution >= 0.6 is 0 Å². The van der Waals surface area contributed by atoms with Gasteiger partial charge in [0.15, 0.2) is 5.65 Å². The van der Waals surface area contributed by atoms with Crippen LogP contribution < -0.4 is 15.5 Å². The Morgan fingerprint density at radius 1 is 1.22 bits per heavy atom. The molecule has 0 unspecified atom stereocenters.